The molecule has 0 aliphatic rings. The molecule has 20 heavy (non-hydrogen) atoms. The van der Waals surface area contributed by atoms with Gasteiger partial charge in [0.2, 0.25) is 0 Å². The van der Waals surface area contributed by atoms with Gasteiger partial charge in [-0.3, -0.25) is 4.98 Å². The van der Waals surface area contributed by atoms with Gasteiger partial charge in [-0.05, 0) is 48.7 Å². The van der Waals surface area contributed by atoms with Gasteiger partial charge in [0.05, 0.1) is 7.11 Å². The van der Waals surface area contributed by atoms with Gasteiger partial charge in [0.1, 0.15) is 5.75 Å². The topological polar surface area (TPSA) is 34.2 Å². The second kappa shape index (κ2) is 7.06. The molecule has 0 radical (unpaired) electrons. The number of rotatable bonds is 6. The highest BCUT2D eigenvalue weighted by Crippen LogP contribution is 2.23. The molecule has 2 atom stereocenters. The monoisotopic (exact) mass is 270 g/mol. The van der Waals surface area contributed by atoms with Crippen LogP contribution in [0.5, 0.6) is 5.75 Å². The highest BCUT2D eigenvalue weighted by atomic mass is 16.5. The van der Waals surface area contributed by atoms with Crippen LogP contribution in [0.1, 0.15) is 43.5 Å². The predicted octanol–water partition coefficient (Wildman–Crippen LogP) is 3.89. The molecule has 3 nitrogen and oxygen atoms in total. The maximum atomic E-state index is 5.21. The summed E-state index contributed by atoms with van der Waals surface area (Å²) in [5.74, 6) is 0.894. The Morgan fingerprint density at radius 3 is 2.25 bits per heavy atom. The van der Waals surface area contributed by atoms with Crippen LogP contribution in [0.15, 0.2) is 48.8 Å². The Bertz CT molecular complexity index is 510. The van der Waals surface area contributed by atoms with E-state index < -0.39 is 0 Å². The largest absolute Gasteiger partial charge is 0.497 e. The summed E-state index contributed by atoms with van der Waals surface area (Å²) in [6.07, 6.45) is 4.71. The summed E-state index contributed by atoms with van der Waals surface area (Å²) in [6.45, 7) is 4.38. The number of benzene rings is 1. The SMILES string of the molecule is CCC(N[C@H](C)c1ccncc1)c1ccc(OC)cc1. The van der Waals surface area contributed by atoms with E-state index in [4.69, 9.17) is 4.74 Å². The summed E-state index contributed by atoms with van der Waals surface area (Å²) in [4.78, 5) is 4.06. The number of hydrogen-bond donors (Lipinski definition) is 1. The maximum Gasteiger partial charge on any atom is 0.118 e. The Morgan fingerprint density at radius 2 is 1.70 bits per heavy atom. The molecule has 2 rings (SSSR count). The molecular formula is C17H22N2O. The van der Waals surface area contributed by atoms with Crippen molar-refractivity contribution >= 4 is 0 Å². The summed E-state index contributed by atoms with van der Waals surface area (Å²) in [6, 6.07) is 13.0. The van der Waals surface area contributed by atoms with Crippen LogP contribution in [0.3, 0.4) is 0 Å². The first-order chi connectivity index (χ1) is 9.74. The van der Waals surface area contributed by atoms with Crippen molar-refractivity contribution in [3.05, 3.63) is 59.9 Å². The second-order valence-electron chi connectivity index (χ2n) is 4.90. The number of aromatic nitrogens is 1. The minimum Gasteiger partial charge on any atom is -0.497 e. The standard InChI is InChI=1S/C17H22N2O/c1-4-17(15-5-7-16(20-3)8-6-15)19-13(2)14-9-11-18-12-10-14/h5-13,17,19H,4H2,1-3H3/t13-,17?/m1/s1. The lowest BCUT2D eigenvalue weighted by Gasteiger charge is -2.23. The minimum absolute atomic E-state index is 0.296. The third-order valence-corrected chi connectivity index (χ3v) is 3.58. The summed E-state index contributed by atoms with van der Waals surface area (Å²) in [5.41, 5.74) is 2.54. The Hall–Kier alpha value is -1.87. The molecule has 1 aromatic heterocycles. The quantitative estimate of drug-likeness (QED) is 0.864. The first kappa shape index (κ1) is 14.5. The van der Waals surface area contributed by atoms with Crippen molar-refractivity contribution in [2.24, 2.45) is 0 Å². The lowest BCUT2D eigenvalue weighted by molar-refractivity contribution is 0.413. The van der Waals surface area contributed by atoms with Crippen molar-refractivity contribution in [1.82, 2.24) is 10.3 Å². The van der Waals surface area contributed by atoms with Crippen LogP contribution >= 0.6 is 0 Å². The first-order valence-electron chi connectivity index (χ1n) is 7.04. The number of ether oxygens (including phenoxy) is 1. The van der Waals surface area contributed by atoms with E-state index >= 15 is 0 Å². The van der Waals surface area contributed by atoms with Crippen molar-refractivity contribution in [1.29, 1.82) is 0 Å². The number of nitrogens with zero attached hydrogens (tertiary/aromatic N) is 1. The van der Waals surface area contributed by atoms with Crippen LogP contribution in [0, 0.1) is 0 Å². The summed E-state index contributed by atoms with van der Waals surface area (Å²) < 4.78 is 5.21. The molecule has 0 saturated heterocycles. The highest BCUT2D eigenvalue weighted by molar-refractivity contribution is 5.29. The van der Waals surface area contributed by atoms with Gasteiger partial charge in [-0.1, -0.05) is 19.1 Å². The summed E-state index contributed by atoms with van der Waals surface area (Å²) in [7, 11) is 1.69. The Labute approximate surface area is 121 Å². The van der Waals surface area contributed by atoms with E-state index in [-0.39, 0.29) is 0 Å². The van der Waals surface area contributed by atoms with Crippen molar-refractivity contribution in [2.75, 3.05) is 7.11 Å². The first-order valence-corrected chi connectivity index (χ1v) is 7.04. The van der Waals surface area contributed by atoms with E-state index in [1.54, 1.807) is 7.11 Å². The molecule has 0 amide bonds. The number of nitrogens with one attached hydrogen (secondary N) is 1. The van der Waals surface area contributed by atoms with Crippen molar-refractivity contribution in [3.8, 4) is 5.75 Å². The molecule has 1 N–H and O–H groups in total. The number of hydrogen-bond acceptors (Lipinski definition) is 3. The van der Waals surface area contributed by atoms with Gasteiger partial charge in [-0.2, -0.15) is 0 Å². The zero-order valence-electron chi connectivity index (χ0n) is 12.3. The average molecular weight is 270 g/mol. The fraction of sp³-hybridized carbons (Fsp3) is 0.353. The molecule has 0 aliphatic carbocycles. The molecule has 1 heterocycles. The van der Waals surface area contributed by atoms with Gasteiger partial charge in [0.15, 0.2) is 0 Å². The van der Waals surface area contributed by atoms with Crippen LogP contribution in [0.25, 0.3) is 0 Å². The van der Waals surface area contributed by atoms with Gasteiger partial charge in [-0.15, -0.1) is 0 Å². The smallest absolute Gasteiger partial charge is 0.118 e. The molecule has 2 aromatic rings. The van der Waals surface area contributed by atoms with Crippen molar-refractivity contribution in [3.63, 3.8) is 0 Å². The number of methoxy groups -OCH3 is 1. The molecule has 0 fully saturated rings. The van der Waals surface area contributed by atoms with E-state index in [1.807, 2.05) is 24.5 Å². The van der Waals surface area contributed by atoms with Gasteiger partial charge in [0.25, 0.3) is 0 Å². The third-order valence-electron chi connectivity index (χ3n) is 3.58. The zero-order valence-corrected chi connectivity index (χ0v) is 12.3. The van der Waals surface area contributed by atoms with Gasteiger partial charge >= 0.3 is 0 Å². The fourth-order valence-corrected chi connectivity index (χ4v) is 2.34. The molecule has 0 saturated carbocycles. The molecule has 1 aromatic carbocycles. The maximum absolute atomic E-state index is 5.21. The van der Waals surface area contributed by atoms with E-state index in [0.29, 0.717) is 12.1 Å². The Morgan fingerprint density at radius 1 is 1.05 bits per heavy atom. The van der Waals surface area contributed by atoms with E-state index in [2.05, 4.69) is 48.4 Å². The molecule has 3 heteroatoms. The van der Waals surface area contributed by atoms with E-state index in [1.165, 1.54) is 11.1 Å². The summed E-state index contributed by atoms with van der Waals surface area (Å²) >= 11 is 0. The lowest BCUT2D eigenvalue weighted by atomic mass is 10.0. The lowest BCUT2D eigenvalue weighted by Crippen LogP contribution is -2.24. The van der Waals surface area contributed by atoms with E-state index in [0.717, 1.165) is 12.2 Å². The molecule has 0 bridgehead atoms. The van der Waals surface area contributed by atoms with Crippen LogP contribution < -0.4 is 10.1 Å². The minimum atomic E-state index is 0.296. The van der Waals surface area contributed by atoms with Crippen LogP contribution in [0.4, 0.5) is 0 Å². The number of pyridine rings is 1. The van der Waals surface area contributed by atoms with Crippen LogP contribution in [-0.4, -0.2) is 12.1 Å². The Kier molecular flexibility index (Phi) is 5.13. The summed E-state index contributed by atoms with van der Waals surface area (Å²) in [5, 5.41) is 3.67. The van der Waals surface area contributed by atoms with Crippen molar-refractivity contribution in [2.45, 2.75) is 32.4 Å². The zero-order chi connectivity index (χ0) is 14.4. The fourth-order valence-electron chi connectivity index (χ4n) is 2.34. The van der Waals surface area contributed by atoms with Gasteiger partial charge in [0, 0.05) is 24.5 Å². The highest BCUT2D eigenvalue weighted by Gasteiger charge is 2.13. The molecule has 1 unspecified atom stereocenters. The second-order valence-corrected chi connectivity index (χ2v) is 4.90. The van der Waals surface area contributed by atoms with Gasteiger partial charge in [-0.25, -0.2) is 0 Å². The third kappa shape index (κ3) is 3.58. The average Bonchev–Trinajstić information content (AvgIpc) is 2.53. The predicted molar refractivity (Wildman–Crippen MR) is 81.8 cm³/mol. The molecular weight excluding hydrogens is 248 g/mol. The Balaban J connectivity index is 2.08. The van der Waals surface area contributed by atoms with Gasteiger partial charge < -0.3 is 10.1 Å². The van der Waals surface area contributed by atoms with Crippen LogP contribution in [-0.2, 0) is 0 Å². The normalized spacial score (nSPS) is 13.8. The van der Waals surface area contributed by atoms with Crippen LogP contribution in [0.2, 0.25) is 0 Å². The molecule has 0 aliphatic heterocycles. The molecule has 0 spiro atoms. The molecule has 106 valence electrons. The van der Waals surface area contributed by atoms with Crippen molar-refractivity contribution < 1.29 is 4.74 Å². The van der Waals surface area contributed by atoms with E-state index in [9.17, 15) is 0 Å².